The normalized spacial score (nSPS) is 12.0. The molecule has 0 aliphatic heterocycles. The van der Waals surface area contributed by atoms with Crippen molar-refractivity contribution >= 4 is 5.69 Å². The second-order valence-corrected chi connectivity index (χ2v) is 7.03. The van der Waals surface area contributed by atoms with E-state index in [2.05, 4.69) is 9.97 Å². The number of hydrogen-bond acceptors (Lipinski definition) is 6. The van der Waals surface area contributed by atoms with Gasteiger partial charge in [-0.25, -0.2) is 8.78 Å². The minimum Gasteiger partial charge on any atom is -0.461 e. The zero-order chi connectivity index (χ0) is 26.3. The molecule has 2 N–H and O–H groups in total. The van der Waals surface area contributed by atoms with Crippen molar-refractivity contribution in [2.75, 3.05) is 5.73 Å². The first kappa shape index (κ1) is 24.8. The lowest BCUT2D eigenvalue weighted by atomic mass is 10.2. The van der Waals surface area contributed by atoms with Crippen molar-refractivity contribution in [3.05, 3.63) is 77.6 Å². The summed E-state index contributed by atoms with van der Waals surface area (Å²) in [6.07, 6.45) is -8.83. The van der Waals surface area contributed by atoms with Crippen LogP contribution in [0, 0.1) is 11.6 Å². The lowest BCUT2D eigenvalue weighted by Gasteiger charge is -2.15. The molecule has 2 aromatic carbocycles. The molecule has 188 valence electrons. The molecule has 0 radical (unpaired) electrons. The maximum Gasteiger partial charge on any atom is 0.419 e. The number of aromatic nitrogens is 2. The molecule has 4 aromatic rings. The van der Waals surface area contributed by atoms with Gasteiger partial charge in [-0.3, -0.25) is 0 Å². The second-order valence-electron chi connectivity index (χ2n) is 7.03. The van der Waals surface area contributed by atoms with Crippen LogP contribution < -0.4 is 15.2 Å². The average molecular weight is 517 g/mol. The van der Waals surface area contributed by atoms with Crippen LogP contribution in [0.1, 0.15) is 11.1 Å². The number of anilines is 1. The molecule has 0 fully saturated rings. The zero-order valence-corrected chi connectivity index (χ0v) is 17.4. The van der Waals surface area contributed by atoms with Crippen LogP contribution in [-0.2, 0) is 12.4 Å². The van der Waals surface area contributed by atoms with Gasteiger partial charge in [0.25, 0.3) is 11.8 Å². The number of ether oxygens (including phenoxy) is 2. The maximum atomic E-state index is 13.6. The van der Waals surface area contributed by atoms with Crippen molar-refractivity contribution in [2.45, 2.75) is 12.4 Å². The number of hydrogen-bond donors (Lipinski definition) is 1. The second kappa shape index (κ2) is 9.02. The van der Waals surface area contributed by atoms with Crippen LogP contribution >= 0.6 is 0 Å². The van der Waals surface area contributed by atoms with Gasteiger partial charge in [-0.2, -0.15) is 36.3 Å². The highest BCUT2D eigenvalue weighted by Crippen LogP contribution is 2.40. The van der Waals surface area contributed by atoms with Crippen LogP contribution in [0.3, 0.4) is 0 Å². The van der Waals surface area contributed by atoms with Gasteiger partial charge in [0.1, 0.15) is 23.1 Å². The van der Waals surface area contributed by atoms with Crippen molar-refractivity contribution in [2.24, 2.45) is 0 Å². The molecule has 0 atom stereocenters. The Morgan fingerprint density at radius 1 is 0.722 bits per heavy atom. The summed E-state index contributed by atoms with van der Waals surface area (Å²) in [5, 5.41) is 0. The van der Waals surface area contributed by atoms with E-state index in [1.54, 1.807) is 0 Å². The molecule has 0 saturated carbocycles. The minimum absolute atomic E-state index is 0.00914. The number of nitrogens with two attached hydrogens (primary N) is 1. The van der Waals surface area contributed by atoms with Crippen LogP contribution in [0.25, 0.3) is 11.6 Å². The summed E-state index contributed by atoms with van der Waals surface area (Å²) >= 11 is 0. The highest BCUT2D eigenvalue weighted by Gasteiger charge is 2.35. The molecule has 6 nitrogen and oxygen atoms in total. The van der Waals surface area contributed by atoms with Crippen molar-refractivity contribution in [1.82, 2.24) is 9.97 Å². The molecule has 2 heterocycles. The van der Waals surface area contributed by atoms with Gasteiger partial charge in [0.05, 0.1) is 17.4 Å². The van der Waals surface area contributed by atoms with Crippen molar-refractivity contribution in [1.29, 1.82) is 0 Å². The monoisotopic (exact) mass is 517 g/mol. The van der Waals surface area contributed by atoms with Gasteiger partial charge >= 0.3 is 12.4 Å². The Labute approximate surface area is 195 Å². The predicted octanol–water partition coefficient (Wildman–Crippen LogP) is 7.22. The number of halogens is 8. The predicted molar refractivity (Wildman–Crippen MR) is 107 cm³/mol. The van der Waals surface area contributed by atoms with E-state index in [0.29, 0.717) is 24.3 Å². The number of benzene rings is 2. The molecule has 0 saturated heterocycles. The SMILES string of the molecule is Nc1c(Oc2ccc(F)c(C(F)(F)F)c2)nc(-c2ccco2)nc1Oc1ccc(F)c(C(F)(F)F)c1. The number of rotatable bonds is 5. The molecular formula is C22H11F8N3O3. The summed E-state index contributed by atoms with van der Waals surface area (Å²) in [4.78, 5) is 7.90. The Kier molecular flexibility index (Phi) is 6.20. The summed E-state index contributed by atoms with van der Waals surface area (Å²) in [5.74, 6) is -5.57. The Hall–Kier alpha value is -4.36. The molecule has 4 rings (SSSR count). The van der Waals surface area contributed by atoms with E-state index >= 15 is 0 Å². The molecule has 2 aromatic heterocycles. The Bertz CT molecular complexity index is 1320. The number of nitrogen functional groups attached to an aromatic ring is 1. The molecule has 0 amide bonds. The fourth-order valence-corrected chi connectivity index (χ4v) is 2.89. The summed E-state index contributed by atoms with van der Waals surface area (Å²) in [7, 11) is 0. The van der Waals surface area contributed by atoms with E-state index in [-0.39, 0.29) is 11.6 Å². The smallest absolute Gasteiger partial charge is 0.419 e. The van der Waals surface area contributed by atoms with Crippen molar-refractivity contribution < 1.29 is 49.0 Å². The van der Waals surface area contributed by atoms with Crippen LogP contribution in [0.5, 0.6) is 23.3 Å². The molecule has 14 heteroatoms. The highest BCUT2D eigenvalue weighted by molar-refractivity contribution is 5.63. The Morgan fingerprint density at radius 2 is 1.19 bits per heavy atom. The molecule has 0 bridgehead atoms. The Balaban J connectivity index is 1.78. The van der Waals surface area contributed by atoms with E-state index in [0.717, 1.165) is 12.1 Å². The van der Waals surface area contributed by atoms with Gasteiger partial charge < -0.3 is 19.6 Å². The van der Waals surface area contributed by atoms with E-state index in [9.17, 15) is 35.1 Å². The average Bonchev–Trinajstić information content (AvgIpc) is 3.32. The standard InChI is InChI=1S/C22H11F8N3O3/c23-14-5-3-10(8-12(14)21(25,26)27)35-19-17(31)20(33-18(32-19)16-2-1-7-34-16)36-11-4-6-15(24)13(9-11)22(28,29)30/h1-9H,31H2. The largest absolute Gasteiger partial charge is 0.461 e. The summed E-state index contributed by atoms with van der Waals surface area (Å²) in [6.45, 7) is 0. The van der Waals surface area contributed by atoms with Gasteiger partial charge in [-0.05, 0) is 48.5 Å². The van der Waals surface area contributed by atoms with E-state index in [1.165, 1.54) is 18.4 Å². The van der Waals surface area contributed by atoms with E-state index < -0.39 is 64.1 Å². The van der Waals surface area contributed by atoms with E-state index in [1.807, 2.05) is 0 Å². The molecule has 36 heavy (non-hydrogen) atoms. The minimum atomic E-state index is -5.03. The van der Waals surface area contributed by atoms with Crippen LogP contribution in [0.2, 0.25) is 0 Å². The van der Waals surface area contributed by atoms with E-state index in [4.69, 9.17) is 19.6 Å². The molecule has 0 aliphatic carbocycles. The highest BCUT2D eigenvalue weighted by atomic mass is 19.4. The summed E-state index contributed by atoms with van der Waals surface area (Å²) < 4.78 is 121. The van der Waals surface area contributed by atoms with Crippen LogP contribution in [-0.4, -0.2) is 9.97 Å². The molecule has 0 unspecified atom stereocenters. The third kappa shape index (κ3) is 5.16. The fourth-order valence-electron chi connectivity index (χ4n) is 2.89. The van der Waals surface area contributed by atoms with Gasteiger partial charge in [0.2, 0.25) is 5.82 Å². The number of alkyl halides is 6. The molecule has 0 spiro atoms. The van der Waals surface area contributed by atoms with Crippen molar-refractivity contribution in [3.8, 4) is 34.8 Å². The Morgan fingerprint density at radius 3 is 1.58 bits per heavy atom. The van der Waals surface area contributed by atoms with Gasteiger partial charge in [-0.15, -0.1) is 0 Å². The van der Waals surface area contributed by atoms with Gasteiger partial charge in [-0.1, -0.05) is 0 Å². The number of furan rings is 1. The van der Waals surface area contributed by atoms with Gasteiger partial charge in [0, 0.05) is 0 Å². The first-order valence-corrected chi connectivity index (χ1v) is 9.63. The summed E-state index contributed by atoms with van der Waals surface area (Å²) in [6, 6.07) is 6.32. The fraction of sp³-hybridized carbons (Fsp3) is 0.0909. The lowest BCUT2D eigenvalue weighted by Crippen LogP contribution is -2.09. The lowest BCUT2D eigenvalue weighted by molar-refractivity contribution is -0.140. The third-order valence-corrected chi connectivity index (χ3v) is 4.53. The molecule has 0 aliphatic rings. The third-order valence-electron chi connectivity index (χ3n) is 4.53. The van der Waals surface area contributed by atoms with Crippen molar-refractivity contribution in [3.63, 3.8) is 0 Å². The maximum absolute atomic E-state index is 13.6. The topological polar surface area (TPSA) is 83.4 Å². The molecular weight excluding hydrogens is 506 g/mol. The van der Waals surface area contributed by atoms with Crippen LogP contribution in [0.15, 0.2) is 59.2 Å². The quantitative estimate of drug-likeness (QED) is 0.282. The number of nitrogens with zero attached hydrogens (tertiary/aromatic N) is 2. The zero-order valence-electron chi connectivity index (χ0n) is 17.4. The summed E-state index contributed by atoms with van der Waals surface area (Å²) in [5.41, 5.74) is 2.12. The van der Waals surface area contributed by atoms with Crippen LogP contribution in [0.4, 0.5) is 40.8 Å². The first-order valence-electron chi connectivity index (χ1n) is 9.63. The van der Waals surface area contributed by atoms with Gasteiger partial charge in [0.15, 0.2) is 11.4 Å². The first-order chi connectivity index (χ1) is 16.8.